The molecule has 0 radical (unpaired) electrons. The van der Waals surface area contributed by atoms with E-state index in [1.807, 2.05) is 6.92 Å². The molecule has 124 valence electrons. The third kappa shape index (κ3) is 4.67. The summed E-state index contributed by atoms with van der Waals surface area (Å²) in [6.45, 7) is 3.97. The fraction of sp³-hybridized carbons (Fsp3) is 0.500. The van der Waals surface area contributed by atoms with E-state index in [0.29, 0.717) is 13.1 Å². The van der Waals surface area contributed by atoms with Crippen LogP contribution in [0.25, 0.3) is 0 Å². The number of halogens is 1. The van der Waals surface area contributed by atoms with Crippen LogP contribution in [0.5, 0.6) is 0 Å². The molecule has 1 fully saturated rings. The Morgan fingerprint density at radius 1 is 1.36 bits per heavy atom. The molecule has 1 saturated heterocycles. The van der Waals surface area contributed by atoms with Crippen LogP contribution in [0.4, 0.5) is 0 Å². The summed E-state index contributed by atoms with van der Waals surface area (Å²) in [5.41, 5.74) is 0.460. The lowest BCUT2D eigenvalue weighted by atomic mass is 9.82. The fourth-order valence-corrected chi connectivity index (χ4v) is 2.96. The summed E-state index contributed by atoms with van der Waals surface area (Å²) in [7, 11) is -3.67. The third-order valence-electron chi connectivity index (χ3n) is 3.85. The molecule has 0 aromatic heterocycles. The highest BCUT2D eigenvalue weighted by atomic mass is 35.5. The van der Waals surface area contributed by atoms with Gasteiger partial charge in [0.2, 0.25) is 15.9 Å². The molecule has 0 aliphatic carbocycles. The number of rotatable bonds is 4. The normalized spacial score (nSPS) is 21.7. The second kappa shape index (κ2) is 7.41. The Hall–Kier alpha value is -1.15. The van der Waals surface area contributed by atoms with Gasteiger partial charge in [-0.15, -0.1) is 12.4 Å². The van der Waals surface area contributed by atoms with E-state index in [2.05, 4.69) is 10.6 Å². The first-order valence-corrected chi connectivity index (χ1v) is 8.47. The Balaban J connectivity index is 0.00000242. The summed E-state index contributed by atoms with van der Waals surface area (Å²) >= 11 is 0. The number of primary sulfonamides is 1. The summed E-state index contributed by atoms with van der Waals surface area (Å²) in [5, 5.41) is 11.2. The smallest absolute Gasteiger partial charge is 0.238 e. The molecule has 1 aromatic rings. The molecule has 4 N–H and O–H groups in total. The van der Waals surface area contributed by atoms with Gasteiger partial charge >= 0.3 is 0 Å². The predicted molar refractivity (Wildman–Crippen MR) is 87.1 cm³/mol. The maximum atomic E-state index is 12.3. The van der Waals surface area contributed by atoms with E-state index < -0.39 is 10.0 Å². The second-order valence-electron chi connectivity index (χ2n) is 5.71. The molecule has 1 aliphatic rings. The van der Waals surface area contributed by atoms with Crippen molar-refractivity contribution in [3.63, 3.8) is 0 Å². The van der Waals surface area contributed by atoms with E-state index in [1.54, 1.807) is 12.1 Å². The van der Waals surface area contributed by atoms with Crippen molar-refractivity contribution in [2.24, 2.45) is 10.6 Å². The number of carbonyl (C=O) groups excluding carboxylic acids is 1. The summed E-state index contributed by atoms with van der Waals surface area (Å²) in [5.74, 6) is 0.0187. The van der Waals surface area contributed by atoms with Crippen LogP contribution in [0.15, 0.2) is 29.2 Å². The largest absolute Gasteiger partial charge is 0.352 e. The predicted octanol–water partition coefficient (Wildman–Crippen LogP) is 0.762. The SMILES string of the molecule is CC1(C(=O)NCc2ccc(S(N)(=O)=O)cc2)CCCNC1.Cl. The molecule has 6 nitrogen and oxygen atoms in total. The molecule has 1 atom stereocenters. The van der Waals surface area contributed by atoms with Gasteiger partial charge < -0.3 is 10.6 Å². The Kier molecular flexibility index (Phi) is 6.37. The Morgan fingerprint density at radius 3 is 2.50 bits per heavy atom. The standard InChI is InChI=1S/C14H21N3O3S.ClH/c1-14(7-2-8-16-10-14)13(18)17-9-11-3-5-12(6-4-11)21(15,19)20;/h3-6,16H,2,7-10H2,1H3,(H,17,18)(H2,15,19,20);1H. The van der Waals surface area contributed by atoms with E-state index in [4.69, 9.17) is 5.14 Å². The average Bonchev–Trinajstić information content (AvgIpc) is 2.45. The van der Waals surface area contributed by atoms with Crippen LogP contribution in [0, 0.1) is 5.41 Å². The van der Waals surface area contributed by atoms with Crippen LogP contribution in [0.3, 0.4) is 0 Å². The third-order valence-corrected chi connectivity index (χ3v) is 4.78. The molecule has 2 rings (SSSR count). The van der Waals surface area contributed by atoms with Crippen LogP contribution in [-0.4, -0.2) is 27.4 Å². The molecule has 0 spiro atoms. The van der Waals surface area contributed by atoms with Crippen molar-refractivity contribution in [2.75, 3.05) is 13.1 Å². The van der Waals surface area contributed by atoms with Crippen LogP contribution in [0.1, 0.15) is 25.3 Å². The summed E-state index contributed by atoms with van der Waals surface area (Å²) in [4.78, 5) is 12.3. The van der Waals surface area contributed by atoms with E-state index >= 15 is 0 Å². The van der Waals surface area contributed by atoms with Crippen molar-refractivity contribution < 1.29 is 13.2 Å². The summed E-state index contributed by atoms with van der Waals surface area (Å²) < 4.78 is 22.3. The number of carbonyl (C=O) groups is 1. The van der Waals surface area contributed by atoms with Gasteiger partial charge in [-0.1, -0.05) is 12.1 Å². The number of nitrogens with two attached hydrogens (primary N) is 1. The quantitative estimate of drug-likeness (QED) is 0.748. The van der Waals surface area contributed by atoms with Crippen molar-refractivity contribution in [2.45, 2.75) is 31.2 Å². The molecular weight excluding hydrogens is 326 g/mol. The molecule has 8 heteroatoms. The number of benzene rings is 1. The van der Waals surface area contributed by atoms with E-state index in [1.165, 1.54) is 12.1 Å². The van der Waals surface area contributed by atoms with Gasteiger partial charge in [0, 0.05) is 13.1 Å². The molecule has 1 unspecified atom stereocenters. The fourth-order valence-electron chi connectivity index (χ4n) is 2.44. The summed E-state index contributed by atoms with van der Waals surface area (Å²) in [6, 6.07) is 6.20. The number of piperidine rings is 1. The van der Waals surface area contributed by atoms with Crippen LogP contribution in [0.2, 0.25) is 0 Å². The van der Waals surface area contributed by atoms with Crippen molar-refractivity contribution in [3.05, 3.63) is 29.8 Å². The molecular formula is C14H22ClN3O3S. The van der Waals surface area contributed by atoms with Gasteiger partial charge in [0.25, 0.3) is 0 Å². The maximum Gasteiger partial charge on any atom is 0.238 e. The lowest BCUT2D eigenvalue weighted by Crippen LogP contribution is -2.48. The minimum atomic E-state index is -3.67. The molecule has 0 saturated carbocycles. The molecule has 0 bridgehead atoms. The molecule has 22 heavy (non-hydrogen) atoms. The van der Waals surface area contributed by atoms with Crippen LogP contribution < -0.4 is 15.8 Å². The minimum Gasteiger partial charge on any atom is -0.352 e. The Labute approximate surface area is 137 Å². The first-order chi connectivity index (χ1) is 9.81. The highest BCUT2D eigenvalue weighted by molar-refractivity contribution is 7.89. The molecule has 1 amide bonds. The monoisotopic (exact) mass is 347 g/mol. The van der Waals surface area contributed by atoms with E-state index in [-0.39, 0.29) is 28.6 Å². The zero-order chi connectivity index (χ0) is 15.5. The lowest BCUT2D eigenvalue weighted by Gasteiger charge is -2.32. The average molecular weight is 348 g/mol. The second-order valence-corrected chi connectivity index (χ2v) is 7.27. The van der Waals surface area contributed by atoms with Gasteiger partial charge in [-0.2, -0.15) is 0 Å². The Morgan fingerprint density at radius 2 is 2.00 bits per heavy atom. The van der Waals surface area contributed by atoms with Gasteiger partial charge in [-0.3, -0.25) is 4.79 Å². The first-order valence-electron chi connectivity index (χ1n) is 6.92. The van der Waals surface area contributed by atoms with Crippen molar-refractivity contribution >= 4 is 28.3 Å². The Bertz CT molecular complexity index is 611. The van der Waals surface area contributed by atoms with Crippen molar-refractivity contribution in [1.82, 2.24) is 10.6 Å². The first kappa shape index (κ1) is 18.9. The van der Waals surface area contributed by atoms with Crippen LogP contribution >= 0.6 is 12.4 Å². The zero-order valence-electron chi connectivity index (χ0n) is 12.5. The number of sulfonamides is 1. The maximum absolute atomic E-state index is 12.3. The van der Waals surface area contributed by atoms with Gasteiger partial charge in [-0.05, 0) is 44.0 Å². The lowest BCUT2D eigenvalue weighted by molar-refractivity contribution is -0.131. The van der Waals surface area contributed by atoms with E-state index in [9.17, 15) is 13.2 Å². The molecule has 1 aromatic carbocycles. The zero-order valence-corrected chi connectivity index (χ0v) is 14.1. The van der Waals surface area contributed by atoms with Crippen molar-refractivity contribution in [3.8, 4) is 0 Å². The highest BCUT2D eigenvalue weighted by Crippen LogP contribution is 2.25. The summed E-state index contributed by atoms with van der Waals surface area (Å²) in [6.07, 6.45) is 1.86. The number of amides is 1. The topological polar surface area (TPSA) is 101 Å². The number of hydrogen-bond acceptors (Lipinski definition) is 4. The van der Waals surface area contributed by atoms with Gasteiger partial charge in [-0.25, -0.2) is 13.6 Å². The van der Waals surface area contributed by atoms with E-state index in [0.717, 1.165) is 24.9 Å². The number of hydrogen-bond donors (Lipinski definition) is 3. The van der Waals surface area contributed by atoms with Crippen LogP contribution in [-0.2, 0) is 21.4 Å². The van der Waals surface area contributed by atoms with Crippen molar-refractivity contribution in [1.29, 1.82) is 0 Å². The van der Waals surface area contributed by atoms with Gasteiger partial charge in [0.15, 0.2) is 0 Å². The number of nitrogens with one attached hydrogen (secondary N) is 2. The molecule has 1 aliphatic heterocycles. The molecule has 1 heterocycles. The minimum absolute atomic E-state index is 0. The van der Waals surface area contributed by atoms with Gasteiger partial charge in [0.1, 0.15) is 0 Å². The highest BCUT2D eigenvalue weighted by Gasteiger charge is 2.34. The van der Waals surface area contributed by atoms with Gasteiger partial charge in [0.05, 0.1) is 10.3 Å².